The maximum absolute atomic E-state index is 13.1. The van der Waals surface area contributed by atoms with Crippen molar-refractivity contribution >= 4 is 43.3 Å². The number of fused-ring (bicyclic) bond motifs is 1. The van der Waals surface area contributed by atoms with Gasteiger partial charge < -0.3 is 14.4 Å². The molecule has 6 rings (SSSR count). The molecule has 0 radical (unpaired) electrons. The Kier molecular flexibility index (Phi) is 6.15. The summed E-state index contributed by atoms with van der Waals surface area (Å²) in [5.41, 5.74) is 2.94. The minimum atomic E-state index is -3.40. The van der Waals surface area contributed by atoms with E-state index in [1.807, 2.05) is 16.8 Å². The van der Waals surface area contributed by atoms with Crippen molar-refractivity contribution < 1.29 is 17.9 Å². The van der Waals surface area contributed by atoms with Crippen LogP contribution in [-0.2, 0) is 19.5 Å². The Bertz CT molecular complexity index is 1320. The molecule has 0 aromatic carbocycles. The third-order valence-corrected chi connectivity index (χ3v) is 9.73. The number of ether oxygens (including phenoxy) is 2. The molecule has 35 heavy (non-hydrogen) atoms. The molecule has 0 aliphatic carbocycles. The Hall–Kier alpha value is -2.28. The molecule has 0 bridgehead atoms. The molecule has 3 aliphatic heterocycles. The number of hydrogen-bond acceptors (Lipinski definition) is 9. The third-order valence-electron chi connectivity index (χ3n) is 7.01. The molecule has 2 unspecified atom stereocenters. The Balaban J connectivity index is 1.52. The van der Waals surface area contributed by atoms with E-state index < -0.39 is 10.0 Å². The van der Waals surface area contributed by atoms with Crippen molar-refractivity contribution in [3.8, 4) is 11.4 Å². The van der Waals surface area contributed by atoms with Crippen molar-refractivity contribution in [2.45, 2.75) is 51.3 Å². The van der Waals surface area contributed by atoms with E-state index >= 15 is 0 Å². The predicted molar refractivity (Wildman–Crippen MR) is 135 cm³/mol. The molecular weight excluding hydrogens is 488 g/mol. The summed E-state index contributed by atoms with van der Waals surface area (Å²) in [7, 11) is -3.40. The van der Waals surface area contributed by atoms with E-state index in [2.05, 4.69) is 16.9 Å². The van der Waals surface area contributed by atoms with Crippen LogP contribution in [0.4, 0.5) is 11.5 Å². The molecule has 0 N–H and O–H groups in total. The topological polar surface area (TPSA) is 103 Å². The number of sulfonamides is 1. The summed E-state index contributed by atoms with van der Waals surface area (Å²) < 4.78 is 46.9. The normalized spacial score (nSPS) is 25.3. The van der Waals surface area contributed by atoms with Crippen LogP contribution < -0.4 is 9.21 Å². The SMILES string of the molecule is CC1COCCN1c1cc(N2CCCCS2(=O)=O)c2snc(-c3ccnn3C3CCCCO3)c2n1. The zero-order chi connectivity index (χ0) is 24.0. The van der Waals surface area contributed by atoms with E-state index in [1.165, 1.54) is 11.5 Å². The van der Waals surface area contributed by atoms with Gasteiger partial charge in [0.15, 0.2) is 6.23 Å². The lowest BCUT2D eigenvalue weighted by atomic mass is 10.1. The highest BCUT2D eigenvalue weighted by molar-refractivity contribution is 7.92. The van der Waals surface area contributed by atoms with E-state index in [4.69, 9.17) is 18.8 Å². The van der Waals surface area contributed by atoms with Gasteiger partial charge in [-0.05, 0) is 56.6 Å². The lowest BCUT2D eigenvalue weighted by Crippen LogP contribution is -2.44. The van der Waals surface area contributed by atoms with Gasteiger partial charge in [0.2, 0.25) is 10.0 Å². The van der Waals surface area contributed by atoms with E-state index in [0.29, 0.717) is 43.9 Å². The summed E-state index contributed by atoms with van der Waals surface area (Å²) in [4.78, 5) is 7.27. The van der Waals surface area contributed by atoms with Crippen LogP contribution in [0, 0.1) is 0 Å². The van der Waals surface area contributed by atoms with Gasteiger partial charge in [-0.25, -0.2) is 18.1 Å². The van der Waals surface area contributed by atoms with Gasteiger partial charge in [0.05, 0.1) is 41.1 Å². The van der Waals surface area contributed by atoms with Crippen LogP contribution >= 0.6 is 11.5 Å². The Morgan fingerprint density at radius 3 is 2.86 bits per heavy atom. The molecular formula is C23H30N6O4S2. The number of hydrogen-bond donors (Lipinski definition) is 0. The fourth-order valence-electron chi connectivity index (χ4n) is 5.17. The highest BCUT2D eigenvalue weighted by Gasteiger charge is 2.32. The number of rotatable bonds is 4. The fourth-order valence-corrected chi connectivity index (χ4v) is 7.72. The predicted octanol–water partition coefficient (Wildman–Crippen LogP) is 3.41. The van der Waals surface area contributed by atoms with Gasteiger partial charge in [0.25, 0.3) is 0 Å². The molecule has 0 saturated carbocycles. The number of anilines is 2. The Morgan fingerprint density at radius 2 is 2.06 bits per heavy atom. The molecule has 3 fully saturated rings. The lowest BCUT2D eigenvalue weighted by molar-refractivity contribution is -0.0383. The van der Waals surface area contributed by atoms with Crippen molar-refractivity contribution in [3.05, 3.63) is 18.3 Å². The van der Waals surface area contributed by atoms with Gasteiger partial charge >= 0.3 is 0 Å². The molecule has 2 atom stereocenters. The summed E-state index contributed by atoms with van der Waals surface area (Å²) in [5, 5.41) is 4.56. The first-order chi connectivity index (χ1) is 17.0. The van der Waals surface area contributed by atoms with Crippen LogP contribution in [0.25, 0.3) is 21.6 Å². The quantitative estimate of drug-likeness (QED) is 0.518. The van der Waals surface area contributed by atoms with E-state index in [-0.39, 0.29) is 18.0 Å². The van der Waals surface area contributed by atoms with Gasteiger partial charge in [-0.3, -0.25) is 4.31 Å². The average molecular weight is 519 g/mol. The average Bonchev–Trinajstić information content (AvgIpc) is 3.51. The first kappa shape index (κ1) is 23.1. The summed E-state index contributed by atoms with van der Waals surface area (Å²) in [6.45, 7) is 5.22. The third kappa shape index (κ3) is 4.20. The second-order valence-electron chi connectivity index (χ2n) is 9.40. The van der Waals surface area contributed by atoms with Crippen molar-refractivity contribution in [1.82, 2.24) is 19.1 Å². The second kappa shape index (κ2) is 9.30. The monoisotopic (exact) mass is 518 g/mol. The van der Waals surface area contributed by atoms with Crippen molar-refractivity contribution in [2.75, 3.05) is 47.9 Å². The molecule has 3 aliphatic rings. The fraction of sp³-hybridized carbons (Fsp3) is 0.609. The number of nitrogens with zero attached hydrogens (tertiary/aromatic N) is 6. The van der Waals surface area contributed by atoms with Gasteiger partial charge in [-0.2, -0.15) is 9.47 Å². The van der Waals surface area contributed by atoms with Crippen molar-refractivity contribution in [1.29, 1.82) is 0 Å². The lowest BCUT2D eigenvalue weighted by Gasteiger charge is -2.35. The zero-order valence-electron chi connectivity index (χ0n) is 19.8. The summed E-state index contributed by atoms with van der Waals surface area (Å²) in [6.07, 6.45) is 6.22. The molecule has 10 nitrogen and oxygen atoms in total. The first-order valence-electron chi connectivity index (χ1n) is 12.3. The number of morpholine rings is 1. The van der Waals surface area contributed by atoms with E-state index in [1.54, 1.807) is 10.5 Å². The van der Waals surface area contributed by atoms with E-state index in [9.17, 15) is 8.42 Å². The van der Waals surface area contributed by atoms with Gasteiger partial charge in [0, 0.05) is 32.0 Å². The van der Waals surface area contributed by atoms with Gasteiger partial charge in [-0.1, -0.05) is 0 Å². The highest BCUT2D eigenvalue weighted by atomic mass is 32.2. The molecule has 3 aromatic heterocycles. The van der Waals surface area contributed by atoms with Crippen LogP contribution in [0.2, 0.25) is 0 Å². The second-order valence-corrected chi connectivity index (χ2v) is 12.2. The smallest absolute Gasteiger partial charge is 0.235 e. The van der Waals surface area contributed by atoms with Gasteiger partial charge in [0.1, 0.15) is 17.0 Å². The zero-order valence-corrected chi connectivity index (χ0v) is 21.4. The number of pyridine rings is 1. The van der Waals surface area contributed by atoms with Crippen molar-refractivity contribution in [2.24, 2.45) is 0 Å². The first-order valence-corrected chi connectivity index (χ1v) is 14.7. The Labute approximate surface area is 209 Å². The molecule has 6 heterocycles. The summed E-state index contributed by atoms with van der Waals surface area (Å²) in [6, 6.07) is 4.00. The van der Waals surface area contributed by atoms with Crippen LogP contribution in [0.1, 0.15) is 45.3 Å². The largest absolute Gasteiger partial charge is 0.377 e. The minimum Gasteiger partial charge on any atom is -0.377 e. The minimum absolute atomic E-state index is 0.130. The summed E-state index contributed by atoms with van der Waals surface area (Å²) in [5.74, 6) is 0.919. The highest BCUT2D eigenvalue weighted by Crippen LogP contribution is 2.41. The maximum atomic E-state index is 13.1. The van der Waals surface area contributed by atoms with Crippen LogP contribution in [-0.4, -0.2) is 72.3 Å². The maximum Gasteiger partial charge on any atom is 0.235 e. The van der Waals surface area contributed by atoms with Crippen LogP contribution in [0.3, 0.4) is 0 Å². The molecule has 0 amide bonds. The Morgan fingerprint density at radius 1 is 1.14 bits per heavy atom. The van der Waals surface area contributed by atoms with Crippen LogP contribution in [0.5, 0.6) is 0 Å². The van der Waals surface area contributed by atoms with Crippen molar-refractivity contribution in [3.63, 3.8) is 0 Å². The molecule has 3 aromatic rings. The van der Waals surface area contributed by atoms with E-state index in [0.717, 1.165) is 54.2 Å². The molecule has 188 valence electrons. The summed E-state index contributed by atoms with van der Waals surface area (Å²) >= 11 is 1.30. The molecule has 3 saturated heterocycles. The van der Waals surface area contributed by atoms with Gasteiger partial charge in [-0.15, -0.1) is 0 Å². The number of aromatic nitrogens is 4. The van der Waals surface area contributed by atoms with Crippen LogP contribution in [0.15, 0.2) is 18.3 Å². The molecule has 12 heteroatoms. The molecule has 0 spiro atoms. The standard InChI is InChI=1S/C23H30N6O4S2/c1-16-15-32-12-10-27(16)19-14-18(28-9-3-5-13-35(28,30)31)23-22(25-19)21(26-34-23)17-7-8-24-29(17)20-6-2-4-11-33-20/h7-8,14,16,20H,2-6,9-13,15H2,1H3.